The molecule has 0 saturated heterocycles. The van der Waals surface area contributed by atoms with E-state index in [0.29, 0.717) is 21.7 Å². The molecule has 1 unspecified atom stereocenters. The number of carbonyl (C=O) groups is 1. The minimum Gasteiger partial charge on any atom is -0.348 e. The van der Waals surface area contributed by atoms with Crippen LogP contribution in [-0.2, 0) is 6.54 Å². The van der Waals surface area contributed by atoms with Crippen LogP contribution in [0.4, 0.5) is 10.3 Å². The number of hydrogen-bond donors (Lipinski definition) is 2. The van der Waals surface area contributed by atoms with Crippen LogP contribution < -0.4 is 10.6 Å². The summed E-state index contributed by atoms with van der Waals surface area (Å²) in [4.78, 5) is 29.6. The highest BCUT2D eigenvalue weighted by Crippen LogP contribution is 2.24. The molecule has 154 valence electrons. The zero-order valence-corrected chi connectivity index (χ0v) is 17.4. The van der Waals surface area contributed by atoms with Crippen LogP contribution in [0.1, 0.15) is 29.9 Å². The lowest BCUT2D eigenvalue weighted by Gasteiger charge is -2.15. The largest absolute Gasteiger partial charge is 0.348 e. The first-order chi connectivity index (χ1) is 14.5. The Labute approximate surface area is 177 Å². The number of pyridine rings is 1. The summed E-state index contributed by atoms with van der Waals surface area (Å²) in [6, 6.07) is 3.02. The number of aromatic nitrogens is 3. The fourth-order valence-electron chi connectivity index (χ4n) is 2.75. The van der Waals surface area contributed by atoms with Gasteiger partial charge in [-0.15, -0.1) is 11.3 Å². The molecule has 0 aliphatic rings. The number of thiophene rings is 1. The van der Waals surface area contributed by atoms with Crippen molar-refractivity contribution in [2.45, 2.75) is 26.4 Å². The van der Waals surface area contributed by atoms with Crippen LogP contribution in [-0.4, -0.2) is 33.1 Å². The quantitative estimate of drug-likeness (QED) is 0.531. The van der Waals surface area contributed by atoms with Crippen molar-refractivity contribution in [3.8, 4) is 0 Å². The number of halogens is 1. The number of nitrogens with zero attached hydrogens (tertiary/aromatic N) is 4. The number of rotatable bonds is 8. The summed E-state index contributed by atoms with van der Waals surface area (Å²) in [5.74, 6) is -0.494. The second-order valence-electron chi connectivity index (χ2n) is 6.34. The van der Waals surface area contributed by atoms with Gasteiger partial charge >= 0.3 is 0 Å². The molecule has 0 saturated carbocycles. The van der Waals surface area contributed by atoms with Crippen molar-refractivity contribution < 1.29 is 9.18 Å². The average molecular weight is 425 g/mol. The number of fused-ring (bicyclic) bond motifs is 1. The Hall–Kier alpha value is -3.46. The summed E-state index contributed by atoms with van der Waals surface area (Å²) in [7, 11) is 0. The van der Waals surface area contributed by atoms with E-state index in [2.05, 4.69) is 37.2 Å². The van der Waals surface area contributed by atoms with E-state index in [0.717, 1.165) is 11.8 Å². The monoisotopic (exact) mass is 424 g/mol. The molecule has 0 spiro atoms. The molecule has 3 heterocycles. The number of aliphatic imine (C=N–C) groups is 1. The third-order valence-corrected chi connectivity index (χ3v) is 5.15. The zero-order valence-electron chi connectivity index (χ0n) is 16.6. The number of amides is 1. The summed E-state index contributed by atoms with van der Waals surface area (Å²) in [5.41, 5.74) is 2.42. The molecule has 3 rings (SSSR count). The lowest BCUT2D eigenvalue weighted by Crippen LogP contribution is -2.26. The number of allylic oxidation sites excluding steroid dienone is 1. The van der Waals surface area contributed by atoms with Gasteiger partial charge in [-0.2, -0.15) is 0 Å². The van der Waals surface area contributed by atoms with E-state index in [-0.39, 0.29) is 24.2 Å². The first-order valence-electron chi connectivity index (χ1n) is 9.21. The topological polar surface area (TPSA) is 92.2 Å². The van der Waals surface area contributed by atoms with Gasteiger partial charge in [0.25, 0.3) is 5.91 Å². The molecule has 0 fully saturated rings. The van der Waals surface area contributed by atoms with E-state index in [1.807, 2.05) is 31.4 Å². The molecule has 2 N–H and O–H groups in total. The van der Waals surface area contributed by atoms with Gasteiger partial charge in [0, 0.05) is 25.2 Å². The zero-order chi connectivity index (χ0) is 21.5. The van der Waals surface area contributed by atoms with Gasteiger partial charge in [0.05, 0.1) is 22.5 Å². The lowest BCUT2D eigenvalue weighted by atomic mass is 10.1. The molecule has 1 amide bonds. The van der Waals surface area contributed by atoms with Crippen LogP contribution in [0.25, 0.3) is 10.2 Å². The normalized spacial score (nSPS) is 12.8. The lowest BCUT2D eigenvalue weighted by molar-refractivity contribution is 0.0948. The van der Waals surface area contributed by atoms with E-state index in [1.54, 1.807) is 6.21 Å². The number of nitrogens with one attached hydrogen (secondary N) is 2. The summed E-state index contributed by atoms with van der Waals surface area (Å²) < 4.78 is 14.0. The van der Waals surface area contributed by atoms with Crippen molar-refractivity contribution in [2.75, 3.05) is 5.32 Å². The first kappa shape index (κ1) is 21.3. The van der Waals surface area contributed by atoms with Crippen LogP contribution in [0.2, 0.25) is 0 Å². The third kappa shape index (κ3) is 5.12. The molecule has 1 atom stereocenters. The molecule has 3 aromatic rings. The van der Waals surface area contributed by atoms with Crippen molar-refractivity contribution in [3.63, 3.8) is 0 Å². The predicted octanol–water partition coefficient (Wildman–Crippen LogP) is 4.12. The second-order valence-corrected chi connectivity index (χ2v) is 7.26. The Morgan fingerprint density at radius 3 is 2.97 bits per heavy atom. The third-order valence-electron chi connectivity index (χ3n) is 4.24. The molecule has 7 nitrogen and oxygen atoms in total. The smallest absolute Gasteiger partial charge is 0.271 e. The molecule has 0 bridgehead atoms. The van der Waals surface area contributed by atoms with E-state index in [1.165, 1.54) is 29.8 Å². The van der Waals surface area contributed by atoms with Crippen LogP contribution >= 0.6 is 11.3 Å². The van der Waals surface area contributed by atoms with Crippen molar-refractivity contribution in [2.24, 2.45) is 4.99 Å². The van der Waals surface area contributed by atoms with Crippen molar-refractivity contribution in [1.29, 1.82) is 0 Å². The summed E-state index contributed by atoms with van der Waals surface area (Å²) in [5, 5.41) is 7.83. The van der Waals surface area contributed by atoms with Gasteiger partial charge < -0.3 is 10.6 Å². The Bertz CT molecular complexity index is 1120. The summed E-state index contributed by atoms with van der Waals surface area (Å²) >= 11 is 1.39. The van der Waals surface area contributed by atoms with Gasteiger partial charge in [0.15, 0.2) is 5.69 Å². The Morgan fingerprint density at radius 1 is 1.40 bits per heavy atom. The Morgan fingerprint density at radius 2 is 2.23 bits per heavy atom. The maximum atomic E-state index is 13.3. The molecule has 0 radical (unpaired) electrons. The van der Waals surface area contributed by atoms with Gasteiger partial charge in [0.1, 0.15) is 5.82 Å². The summed E-state index contributed by atoms with van der Waals surface area (Å²) in [6.45, 7) is 7.57. The highest BCUT2D eigenvalue weighted by molar-refractivity contribution is 7.17. The summed E-state index contributed by atoms with van der Waals surface area (Å²) in [6.07, 6.45) is 7.70. The highest BCUT2D eigenvalue weighted by atomic mass is 32.1. The van der Waals surface area contributed by atoms with Crippen molar-refractivity contribution in [3.05, 3.63) is 71.4 Å². The average Bonchev–Trinajstić information content (AvgIpc) is 3.20. The van der Waals surface area contributed by atoms with Gasteiger partial charge in [-0.1, -0.05) is 12.7 Å². The van der Waals surface area contributed by atoms with Gasteiger partial charge in [0.2, 0.25) is 5.95 Å². The van der Waals surface area contributed by atoms with Crippen LogP contribution in [0.15, 0.2) is 59.3 Å². The first-order valence-corrected chi connectivity index (χ1v) is 10.1. The minimum absolute atomic E-state index is 0.135. The molecule has 9 heteroatoms. The fraction of sp³-hybridized carbons (Fsp3) is 0.190. The van der Waals surface area contributed by atoms with Gasteiger partial charge in [-0.3, -0.25) is 14.8 Å². The highest BCUT2D eigenvalue weighted by Gasteiger charge is 2.17. The van der Waals surface area contributed by atoms with Gasteiger partial charge in [-0.05, 0) is 42.5 Å². The number of hydrogen-bond acceptors (Lipinski definition) is 7. The van der Waals surface area contributed by atoms with E-state index < -0.39 is 5.82 Å². The predicted molar refractivity (Wildman–Crippen MR) is 118 cm³/mol. The maximum absolute atomic E-state index is 13.3. The van der Waals surface area contributed by atoms with Crippen LogP contribution in [0.5, 0.6) is 0 Å². The Balaban J connectivity index is 1.82. The molecule has 0 aliphatic heterocycles. The Kier molecular flexibility index (Phi) is 6.97. The SMILES string of the molecule is C=CN=C/C(=C\C)C(C)Nc1nc(C(=O)NCc2cncc(F)c2)c2sccc2n1. The van der Waals surface area contributed by atoms with Crippen molar-refractivity contribution in [1.82, 2.24) is 20.3 Å². The molecule has 30 heavy (non-hydrogen) atoms. The number of carbonyl (C=O) groups excluding carboxylic acids is 1. The molecular formula is C21H21FN6OS. The molecule has 0 aliphatic carbocycles. The van der Waals surface area contributed by atoms with E-state index in [9.17, 15) is 9.18 Å². The van der Waals surface area contributed by atoms with Gasteiger partial charge in [-0.25, -0.2) is 14.4 Å². The van der Waals surface area contributed by atoms with Crippen LogP contribution in [0, 0.1) is 5.82 Å². The molecule has 0 aromatic carbocycles. The minimum atomic E-state index is -0.454. The number of anilines is 1. The second kappa shape index (κ2) is 9.84. The van der Waals surface area contributed by atoms with E-state index >= 15 is 0 Å². The fourth-order valence-corrected chi connectivity index (χ4v) is 3.57. The molecular weight excluding hydrogens is 403 g/mol. The maximum Gasteiger partial charge on any atom is 0.271 e. The van der Waals surface area contributed by atoms with Crippen LogP contribution in [0.3, 0.4) is 0 Å². The van der Waals surface area contributed by atoms with Crippen molar-refractivity contribution >= 4 is 39.6 Å². The molecule has 3 aromatic heterocycles. The standard InChI is InChI=1S/C21H21FN6OS/c1-4-15(11-23-5-2)13(3)26-21-27-17-6-7-30-19(17)18(28-21)20(29)25-10-14-8-16(22)12-24-9-14/h4-9,11-13H,2,10H2,1,3H3,(H,25,29)(H,26,27,28)/b15-4+,23-11?. The van der Waals surface area contributed by atoms with E-state index in [4.69, 9.17) is 0 Å².